The van der Waals surface area contributed by atoms with Crippen molar-refractivity contribution >= 4 is 56.3 Å². The van der Waals surface area contributed by atoms with E-state index in [-0.39, 0.29) is 25.0 Å². The Kier molecular flexibility index (Phi) is 5.01. The summed E-state index contributed by atoms with van der Waals surface area (Å²) < 4.78 is 5.84. The molecule has 0 saturated carbocycles. The van der Waals surface area contributed by atoms with E-state index in [4.69, 9.17) is 16.3 Å². The van der Waals surface area contributed by atoms with Crippen LogP contribution in [0, 0.1) is 0 Å². The Labute approximate surface area is 186 Å². The van der Waals surface area contributed by atoms with Crippen molar-refractivity contribution < 1.29 is 14.3 Å². The molecule has 1 N–H and O–H groups in total. The second-order valence-corrected chi connectivity index (χ2v) is 8.14. The fraction of sp³-hybridized carbons (Fsp3) is 0.0909. The lowest BCUT2D eigenvalue weighted by Crippen LogP contribution is -2.44. The van der Waals surface area contributed by atoms with Gasteiger partial charge in [-0.1, -0.05) is 35.9 Å². The minimum absolute atomic E-state index is 0.0626. The van der Waals surface area contributed by atoms with Gasteiger partial charge in [0.05, 0.1) is 16.8 Å². The number of aromatic nitrogens is 2. The average Bonchev–Trinajstić information content (AvgIpc) is 3.22. The largest absolute Gasteiger partial charge is 0.467 e. The van der Waals surface area contributed by atoms with Crippen molar-refractivity contribution in [3.8, 4) is 17.0 Å². The second kappa shape index (κ2) is 7.98. The number of halogens is 1. The molecule has 31 heavy (non-hydrogen) atoms. The number of thiophene rings is 1. The molecule has 0 spiro atoms. The molecule has 0 atom stereocenters. The van der Waals surface area contributed by atoms with Gasteiger partial charge < -0.3 is 10.1 Å². The summed E-state index contributed by atoms with van der Waals surface area (Å²) in [6.45, 7) is -0.323. The van der Waals surface area contributed by atoms with E-state index in [0.717, 1.165) is 21.3 Å². The topological polar surface area (TPSA) is 84.4 Å². The maximum absolute atomic E-state index is 12.9. The van der Waals surface area contributed by atoms with Crippen molar-refractivity contribution in [3.05, 3.63) is 65.3 Å². The van der Waals surface area contributed by atoms with Gasteiger partial charge in [-0.05, 0) is 29.8 Å². The minimum Gasteiger partial charge on any atom is -0.467 e. The van der Waals surface area contributed by atoms with Gasteiger partial charge in [-0.25, -0.2) is 9.97 Å². The number of ether oxygens (including phenoxy) is 1. The summed E-state index contributed by atoms with van der Waals surface area (Å²) in [6, 6.07) is 14.6. The molecule has 0 unspecified atom stereocenters. The van der Waals surface area contributed by atoms with Crippen LogP contribution >= 0.6 is 22.9 Å². The highest BCUT2D eigenvalue weighted by molar-refractivity contribution is 7.17. The van der Waals surface area contributed by atoms with Crippen molar-refractivity contribution in [2.24, 2.45) is 0 Å². The first-order valence-electron chi connectivity index (χ1n) is 9.40. The van der Waals surface area contributed by atoms with Gasteiger partial charge in [-0.2, -0.15) is 0 Å². The van der Waals surface area contributed by atoms with Crippen LogP contribution in [0.4, 0.5) is 11.4 Å². The first-order chi connectivity index (χ1) is 15.1. The molecule has 0 saturated heterocycles. The lowest BCUT2D eigenvalue weighted by molar-refractivity contribution is -0.123. The van der Waals surface area contributed by atoms with Crippen LogP contribution in [0.2, 0.25) is 5.02 Å². The Bertz CT molecular complexity index is 1310. The fourth-order valence-electron chi connectivity index (χ4n) is 3.46. The number of para-hydroxylation sites is 2. The molecule has 154 valence electrons. The number of amides is 2. The molecule has 0 radical (unpaired) electrons. The van der Waals surface area contributed by atoms with Gasteiger partial charge in [0.1, 0.15) is 17.7 Å². The van der Waals surface area contributed by atoms with Gasteiger partial charge >= 0.3 is 0 Å². The first kappa shape index (κ1) is 19.5. The quantitative estimate of drug-likeness (QED) is 0.499. The molecule has 2 aromatic carbocycles. The summed E-state index contributed by atoms with van der Waals surface area (Å²) in [6.07, 6.45) is 1.41. The van der Waals surface area contributed by atoms with E-state index < -0.39 is 0 Å². The first-order valence-corrected chi connectivity index (χ1v) is 10.7. The molecular formula is C22H15ClN4O3S. The number of hydrogen-bond donors (Lipinski definition) is 1. The summed E-state index contributed by atoms with van der Waals surface area (Å²) in [5.74, 6) is -0.268. The van der Waals surface area contributed by atoms with E-state index in [1.807, 2.05) is 35.7 Å². The third kappa shape index (κ3) is 3.71. The molecule has 3 heterocycles. The zero-order valence-corrected chi connectivity index (χ0v) is 17.6. The van der Waals surface area contributed by atoms with Crippen LogP contribution in [-0.2, 0) is 9.59 Å². The maximum Gasteiger partial charge on any atom is 0.265 e. The van der Waals surface area contributed by atoms with E-state index in [1.165, 1.54) is 22.6 Å². The highest BCUT2D eigenvalue weighted by Gasteiger charge is 2.27. The zero-order valence-electron chi connectivity index (χ0n) is 16.0. The number of nitrogens with one attached hydrogen (secondary N) is 1. The highest BCUT2D eigenvalue weighted by Crippen LogP contribution is 2.38. The summed E-state index contributed by atoms with van der Waals surface area (Å²) in [7, 11) is 0. The van der Waals surface area contributed by atoms with Gasteiger partial charge in [0.25, 0.3) is 5.91 Å². The number of carbonyl (C=O) groups excluding carboxylic acids is 2. The third-order valence-corrected chi connectivity index (χ3v) is 6.03. The molecule has 0 aliphatic carbocycles. The molecule has 2 amide bonds. The van der Waals surface area contributed by atoms with Crippen LogP contribution in [-0.4, -0.2) is 34.9 Å². The molecular weight excluding hydrogens is 436 g/mol. The van der Waals surface area contributed by atoms with E-state index in [9.17, 15) is 9.59 Å². The molecule has 2 aromatic heterocycles. The van der Waals surface area contributed by atoms with Gasteiger partial charge in [-0.3, -0.25) is 14.5 Å². The van der Waals surface area contributed by atoms with Gasteiger partial charge in [0, 0.05) is 16.0 Å². The number of rotatable bonds is 4. The Morgan fingerprint density at radius 1 is 1.16 bits per heavy atom. The molecule has 5 rings (SSSR count). The summed E-state index contributed by atoms with van der Waals surface area (Å²) >= 11 is 7.48. The molecule has 0 bridgehead atoms. The van der Waals surface area contributed by atoms with Crippen LogP contribution < -0.4 is 15.0 Å². The van der Waals surface area contributed by atoms with Crippen LogP contribution in [0.1, 0.15) is 0 Å². The van der Waals surface area contributed by atoms with Crippen LogP contribution in [0.15, 0.2) is 60.2 Å². The molecule has 1 aliphatic rings. The van der Waals surface area contributed by atoms with E-state index in [2.05, 4.69) is 15.3 Å². The molecule has 4 aromatic rings. The second-order valence-electron chi connectivity index (χ2n) is 6.85. The number of fused-ring (bicyclic) bond motifs is 2. The number of carbonyl (C=O) groups is 2. The molecule has 9 heteroatoms. The standard InChI is InChI=1S/C22H15ClN4O3S/c23-14-7-5-13(6-8-14)15-11-31-22-20(15)21(24-12-25-22)30-10-19(29)27-9-18(28)26-16-3-1-2-4-17(16)27/h1-8,11-12H,9-10H2,(H,26,28). The summed E-state index contributed by atoms with van der Waals surface area (Å²) in [5, 5.41) is 6.12. The van der Waals surface area contributed by atoms with Gasteiger partial charge in [-0.15, -0.1) is 11.3 Å². The predicted octanol–water partition coefficient (Wildman–Crippen LogP) is 4.38. The van der Waals surface area contributed by atoms with Crippen molar-refractivity contribution in [2.75, 3.05) is 23.4 Å². The average molecular weight is 451 g/mol. The lowest BCUT2D eigenvalue weighted by Gasteiger charge is -2.29. The number of anilines is 2. The fourth-order valence-corrected chi connectivity index (χ4v) is 4.50. The third-order valence-electron chi connectivity index (χ3n) is 4.89. The zero-order chi connectivity index (χ0) is 21.4. The molecule has 1 aliphatic heterocycles. The van der Waals surface area contributed by atoms with Crippen molar-refractivity contribution in [1.82, 2.24) is 9.97 Å². The van der Waals surface area contributed by atoms with Crippen molar-refractivity contribution in [2.45, 2.75) is 0 Å². The summed E-state index contributed by atoms with van der Waals surface area (Å²) in [5.41, 5.74) is 3.09. The molecule has 7 nitrogen and oxygen atoms in total. The molecule has 0 fully saturated rings. The Morgan fingerprint density at radius 3 is 2.81 bits per heavy atom. The lowest BCUT2D eigenvalue weighted by atomic mass is 10.1. The van der Waals surface area contributed by atoms with Crippen molar-refractivity contribution in [1.29, 1.82) is 0 Å². The Hall–Kier alpha value is -3.49. The van der Waals surface area contributed by atoms with Crippen LogP contribution in [0.3, 0.4) is 0 Å². The SMILES string of the molecule is O=C1CN(C(=O)COc2ncnc3scc(-c4ccc(Cl)cc4)c23)c2ccccc2N1. The number of hydrogen-bond acceptors (Lipinski definition) is 6. The highest BCUT2D eigenvalue weighted by atomic mass is 35.5. The van der Waals surface area contributed by atoms with Crippen LogP contribution in [0.5, 0.6) is 5.88 Å². The normalized spacial score (nSPS) is 13.1. The number of nitrogens with zero attached hydrogens (tertiary/aromatic N) is 3. The van der Waals surface area contributed by atoms with Gasteiger partial charge in [0.15, 0.2) is 6.61 Å². The van der Waals surface area contributed by atoms with E-state index in [0.29, 0.717) is 22.3 Å². The van der Waals surface area contributed by atoms with Crippen LogP contribution in [0.25, 0.3) is 21.3 Å². The van der Waals surface area contributed by atoms with Gasteiger partial charge in [0.2, 0.25) is 11.8 Å². The predicted molar refractivity (Wildman–Crippen MR) is 121 cm³/mol. The smallest absolute Gasteiger partial charge is 0.265 e. The monoisotopic (exact) mass is 450 g/mol. The Balaban J connectivity index is 1.43. The minimum atomic E-state index is -0.336. The number of benzene rings is 2. The van der Waals surface area contributed by atoms with Crippen molar-refractivity contribution in [3.63, 3.8) is 0 Å². The summed E-state index contributed by atoms with van der Waals surface area (Å²) in [4.78, 5) is 35.7. The Morgan fingerprint density at radius 2 is 1.97 bits per heavy atom. The van der Waals surface area contributed by atoms with E-state index >= 15 is 0 Å². The van der Waals surface area contributed by atoms with E-state index in [1.54, 1.807) is 18.2 Å². The maximum atomic E-state index is 12.9.